The molecule has 1 aliphatic heterocycles. The molecule has 3 aromatic rings. The molecule has 1 atom stereocenters. The molecule has 1 aliphatic rings. The van der Waals surface area contributed by atoms with Crippen molar-refractivity contribution in [2.24, 2.45) is 5.92 Å². The lowest BCUT2D eigenvalue weighted by atomic mass is 10.1. The van der Waals surface area contributed by atoms with E-state index in [1.807, 2.05) is 31.2 Å². The molecule has 3 amide bonds. The van der Waals surface area contributed by atoms with Crippen LogP contribution in [0, 0.1) is 12.8 Å². The number of ether oxygens (including phenoxy) is 1. The summed E-state index contributed by atoms with van der Waals surface area (Å²) in [7, 11) is 1.58. The van der Waals surface area contributed by atoms with Crippen LogP contribution in [0.2, 0.25) is 0 Å². The maximum Gasteiger partial charge on any atom is 0.231 e. The van der Waals surface area contributed by atoms with Gasteiger partial charge in [0.15, 0.2) is 4.34 Å². The number of benzene rings is 2. The average molecular weight is 512 g/mol. The summed E-state index contributed by atoms with van der Waals surface area (Å²) in [5.41, 5.74) is 2.63. The van der Waals surface area contributed by atoms with Crippen LogP contribution >= 0.6 is 23.1 Å². The molecule has 1 fully saturated rings. The van der Waals surface area contributed by atoms with Crippen molar-refractivity contribution >= 4 is 57.3 Å². The maximum atomic E-state index is 12.7. The third-order valence-corrected chi connectivity index (χ3v) is 7.38. The Labute approximate surface area is 211 Å². The van der Waals surface area contributed by atoms with Gasteiger partial charge in [-0.3, -0.25) is 14.4 Å². The largest absolute Gasteiger partial charge is 0.497 e. The summed E-state index contributed by atoms with van der Waals surface area (Å²) in [6.07, 6.45) is 0.458. The van der Waals surface area contributed by atoms with Crippen LogP contribution in [0.25, 0.3) is 0 Å². The minimum Gasteiger partial charge on any atom is -0.497 e. The molecule has 35 heavy (non-hydrogen) atoms. The highest BCUT2D eigenvalue weighted by Gasteiger charge is 2.35. The number of amides is 3. The van der Waals surface area contributed by atoms with Gasteiger partial charge in [0.2, 0.25) is 22.9 Å². The van der Waals surface area contributed by atoms with Gasteiger partial charge < -0.3 is 20.3 Å². The highest BCUT2D eigenvalue weighted by Crippen LogP contribution is 2.29. The number of thioether (sulfide) groups is 1. The van der Waals surface area contributed by atoms with Crippen molar-refractivity contribution in [1.82, 2.24) is 10.2 Å². The van der Waals surface area contributed by atoms with E-state index >= 15 is 0 Å². The Morgan fingerprint density at radius 2 is 1.86 bits per heavy atom. The number of anilines is 3. The topological polar surface area (TPSA) is 114 Å². The first-order valence-corrected chi connectivity index (χ1v) is 12.8. The van der Waals surface area contributed by atoms with Gasteiger partial charge in [-0.1, -0.05) is 40.8 Å². The Kier molecular flexibility index (Phi) is 7.98. The number of rotatable bonds is 9. The van der Waals surface area contributed by atoms with Crippen molar-refractivity contribution in [3.63, 3.8) is 0 Å². The van der Waals surface area contributed by atoms with Crippen LogP contribution in [-0.2, 0) is 14.4 Å². The zero-order chi connectivity index (χ0) is 24.8. The predicted octanol–water partition coefficient (Wildman–Crippen LogP) is 3.97. The van der Waals surface area contributed by atoms with Crippen LogP contribution in [0.4, 0.5) is 16.5 Å². The lowest BCUT2D eigenvalue weighted by Gasteiger charge is -2.16. The Hall–Kier alpha value is -3.44. The van der Waals surface area contributed by atoms with Gasteiger partial charge in [0.1, 0.15) is 5.75 Å². The average Bonchev–Trinajstić information content (AvgIpc) is 3.47. The first-order valence-electron chi connectivity index (χ1n) is 11.0. The van der Waals surface area contributed by atoms with Crippen molar-refractivity contribution in [2.45, 2.75) is 24.1 Å². The molecule has 0 aliphatic carbocycles. The molecule has 0 radical (unpaired) electrons. The van der Waals surface area contributed by atoms with E-state index in [-0.39, 0.29) is 24.1 Å². The zero-order valence-corrected chi connectivity index (χ0v) is 20.9. The first kappa shape index (κ1) is 24.7. The van der Waals surface area contributed by atoms with Gasteiger partial charge in [-0.15, -0.1) is 10.2 Å². The van der Waals surface area contributed by atoms with Crippen molar-refractivity contribution in [2.75, 3.05) is 34.9 Å². The van der Waals surface area contributed by atoms with E-state index in [2.05, 4.69) is 20.8 Å². The third kappa shape index (κ3) is 6.58. The van der Waals surface area contributed by atoms with E-state index in [1.54, 1.807) is 36.3 Å². The minimum atomic E-state index is -0.477. The molecule has 1 unspecified atom stereocenters. The van der Waals surface area contributed by atoms with Gasteiger partial charge in [-0.25, -0.2) is 0 Å². The lowest BCUT2D eigenvalue weighted by Crippen LogP contribution is -2.28. The Morgan fingerprint density at radius 1 is 1.11 bits per heavy atom. The van der Waals surface area contributed by atoms with E-state index in [1.165, 1.54) is 23.1 Å². The van der Waals surface area contributed by atoms with Crippen molar-refractivity contribution in [3.8, 4) is 5.75 Å². The van der Waals surface area contributed by atoms with E-state index < -0.39 is 5.92 Å². The second-order valence-corrected chi connectivity index (χ2v) is 10.3. The molecule has 0 bridgehead atoms. The summed E-state index contributed by atoms with van der Waals surface area (Å²) in [6, 6.07) is 14.8. The summed E-state index contributed by atoms with van der Waals surface area (Å²) < 4.78 is 5.81. The third-order valence-electron chi connectivity index (χ3n) is 5.41. The number of hydrogen-bond donors (Lipinski definition) is 2. The summed E-state index contributed by atoms with van der Waals surface area (Å²) in [5.74, 6) is 0.314. The van der Waals surface area contributed by atoms with Crippen LogP contribution in [0.5, 0.6) is 5.75 Å². The summed E-state index contributed by atoms with van der Waals surface area (Å²) in [5, 5.41) is 14.1. The van der Waals surface area contributed by atoms with E-state index in [0.717, 1.165) is 16.9 Å². The summed E-state index contributed by atoms with van der Waals surface area (Å²) in [6.45, 7) is 2.29. The van der Waals surface area contributed by atoms with E-state index in [0.29, 0.717) is 33.9 Å². The van der Waals surface area contributed by atoms with Crippen LogP contribution in [0.3, 0.4) is 0 Å². The number of carbonyl (C=O) groups excluding carboxylic acids is 3. The number of carbonyl (C=O) groups is 3. The van der Waals surface area contributed by atoms with Crippen molar-refractivity contribution in [3.05, 3.63) is 54.1 Å². The Balaban J connectivity index is 1.23. The summed E-state index contributed by atoms with van der Waals surface area (Å²) >= 11 is 2.65. The van der Waals surface area contributed by atoms with Gasteiger partial charge in [0.05, 0.1) is 13.0 Å². The normalized spacial score (nSPS) is 15.2. The molecule has 11 heteroatoms. The monoisotopic (exact) mass is 511 g/mol. The molecule has 0 saturated carbocycles. The van der Waals surface area contributed by atoms with Gasteiger partial charge >= 0.3 is 0 Å². The number of aryl methyl sites for hydroxylation is 1. The summed E-state index contributed by atoms with van der Waals surface area (Å²) in [4.78, 5) is 38.9. The molecule has 182 valence electrons. The quantitative estimate of drug-likeness (QED) is 0.330. The fraction of sp³-hybridized carbons (Fsp3) is 0.292. The van der Waals surface area contributed by atoms with E-state index in [4.69, 9.17) is 4.74 Å². The zero-order valence-electron chi connectivity index (χ0n) is 19.3. The Bertz CT molecular complexity index is 1200. The minimum absolute atomic E-state index is 0.0771. The van der Waals surface area contributed by atoms with Gasteiger partial charge in [-0.05, 0) is 43.3 Å². The number of methoxy groups -OCH3 is 1. The molecule has 1 aromatic heterocycles. The molecule has 4 rings (SSSR count). The van der Waals surface area contributed by atoms with Crippen LogP contribution in [0.15, 0.2) is 52.9 Å². The van der Waals surface area contributed by atoms with Gasteiger partial charge in [0.25, 0.3) is 0 Å². The fourth-order valence-corrected chi connectivity index (χ4v) is 5.28. The number of hydrogen-bond acceptors (Lipinski definition) is 8. The molecule has 9 nitrogen and oxygen atoms in total. The highest BCUT2D eigenvalue weighted by molar-refractivity contribution is 8.01. The highest BCUT2D eigenvalue weighted by atomic mass is 32.2. The smallest absolute Gasteiger partial charge is 0.231 e. The lowest BCUT2D eigenvalue weighted by molar-refractivity contribution is -0.122. The molecular formula is C24H25N5O4S2. The molecule has 2 aromatic carbocycles. The number of nitrogens with one attached hydrogen (secondary N) is 2. The van der Waals surface area contributed by atoms with Crippen LogP contribution in [0.1, 0.15) is 18.4 Å². The van der Waals surface area contributed by atoms with Crippen molar-refractivity contribution < 1.29 is 19.1 Å². The molecular weight excluding hydrogens is 486 g/mol. The number of nitrogens with zero attached hydrogens (tertiary/aromatic N) is 3. The van der Waals surface area contributed by atoms with Crippen LogP contribution in [-0.4, -0.2) is 47.3 Å². The SMILES string of the molecule is COc1ccc(N2CC(C(=O)Nc3nnc(SCCC(=O)Nc4ccc(C)cc4)s3)CC2=O)cc1. The van der Waals surface area contributed by atoms with Gasteiger partial charge in [-0.2, -0.15) is 0 Å². The van der Waals surface area contributed by atoms with E-state index in [9.17, 15) is 14.4 Å². The van der Waals surface area contributed by atoms with Crippen LogP contribution < -0.4 is 20.3 Å². The van der Waals surface area contributed by atoms with Crippen molar-refractivity contribution in [1.29, 1.82) is 0 Å². The molecule has 2 heterocycles. The second kappa shape index (κ2) is 11.3. The van der Waals surface area contributed by atoms with Gasteiger partial charge in [0, 0.05) is 36.5 Å². The Morgan fingerprint density at radius 3 is 2.57 bits per heavy atom. The standard InChI is InChI=1S/C24H25N5O4S2/c1-15-3-5-17(6-4-15)25-20(30)11-12-34-24-28-27-23(35-24)26-22(32)16-13-21(31)29(14-16)18-7-9-19(33-2)10-8-18/h3-10,16H,11-14H2,1-2H3,(H,25,30)(H,26,27,32). The molecule has 0 spiro atoms. The molecule has 2 N–H and O–H groups in total. The predicted molar refractivity (Wildman–Crippen MR) is 137 cm³/mol. The second-order valence-electron chi connectivity index (χ2n) is 7.98. The fourth-order valence-electron chi connectivity index (χ4n) is 3.51. The molecule has 1 saturated heterocycles. The number of aromatic nitrogens is 2. The maximum absolute atomic E-state index is 12.7. The first-order chi connectivity index (χ1) is 16.9.